The minimum Gasteiger partial charge on any atom is -0.478 e. The lowest BCUT2D eigenvalue weighted by Crippen LogP contribution is -2.39. The van der Waals surface area contributed by atoms with Crippen LogP contribution in [0.3, 0.4) is 0 Å². The normalized spacial score (nSPS) is 21.5. The first-order chi connectivity index (χ1) is 9.47. The van der Waals surface area contributed by atoms with E-state index in [0.29, 0.717) is 17.2 Å². The van der Waals surface area contributed by atoms with Crippen molar-refractivity contribution in [2.24, 2.45) is 5.92 Å². The molecule has 1 aromatic carbocycles. The molecule has 0 radical (unpaired) electrons. The summed E-state index contributed by atoms with van der Waals surface area (Å²) in [5.41, 5.74) is 1.49. The molecule has 1 aliphatic rings. The van der Waals surface area contributed by atoms with Crippen molar-refractivity contribution in [1.29, 1.82) is 0 Å². The predicted octanol–water partition coefficient (Wildman–Crippen LogP) is 3.00. The average Bonchev–Trinajstić information content (AvgIpc) is 2.74. The Labute approximate surface area is 118 Å². The third-order valence-electron chi connectivity index (χ3n) is 3.89. The Morgan fingerprint density at radius 1 is 1.30 bits per heavy atom. The summed E-state index contributed by atoms with van der Waals surface area (Å²) < 4.78 is 0. The summed E-state index contributed by atoms with van der Waals surface area (Å²) >= 11 is 0. The Balaban J connectivity index is 1.97. The highest BCUT2D eigenvalue weighted by Crippen LogP contribution is 2.24. The van der Waals surface area contributed by atoms with Gasteiger partial charge >= 0.3 is 12.0 Å². The molecule has 0 saturated heterocycles. The van der Waals surface area contributed by atoms with Crippen LogP contribution in [0.25, 0.3) is 0 Å². The van der Waals surface area contributed by atoms with Crippen LogP contribution >= 0.6 is 0 Å². The first-order valence-corrected chi connectivity index (χ1v) is 6.89. The van der Waals surface area contributed by atoms with Gasteiger partial charge in [0.25, 0.3) is 0 Å². The number of hydrogen-bond donors (Lipinski definition) is 3. The number of nitrogens with one attached hydrogen (secondary N) is 2. The quantitative estimate of drug-likeness (QED) is 0.794. The lowest BCUT2D eigenvalue weighted by molar-refractivity contribution is 0.0696. The van der Waals surface area contributed by atoms with E-state index in [1.807, 2.05) is 0 Å². The molecule has 1 aliphatic carbocycles. The van der Waals surface area contributed by atoms with Crippen LogP contribution in [0.2, 0.25) is 0 Å². The average molecular weight is 276 g/mol. The lowest BCUT2D eigenvalue weighted by Gasteiger charge is -2.18. The molecule has 3 N–H and O–H groups in total. The highest BCUT2D eigenvalue weighted by atomic mass is 16.4. The van der Waals surface area contributed by atoms with Crippen LogP contribution in [-0.2, 0) is 0 Å². The standard InChI is InChI=1S/C15H20N2O3/c1-9-4-3-5-13(9)17-15(20)16-11-6-7-12(14(18)19)10(2)8-11/h6-9,13H,3-5H2,1-2H3,(H,18,19)(H2,16,17,20). The Bertz CT molecular complexity index is 528. The van der Waals surface area contributed by atoms with Gasteiger partial charge in [0.15, 0.2) is 0 Å². The van der Waals surface area contributed by atoms with E-state index in [-0.39, 0.29) is 17.6 Å². The molecule has 1 fully saturated rings. The molecule has 5 heteroatoms. The highest BCUT2D eigenvalue weighted by molar-refractivity contribution is 5.92. The number of aromatic carboxylic acids is 1. The van der Waals surface area contributed by atoms with Gasteiger partial charge in [0.1, 0.15) is 0 Å². The number of hydrogen-bond acceptors (Lipinski definition) is 2. The summed E-state index contributed by atoms with van der Waals surface area (Å²) in [5.74, 6) is -0.449. The molecule has 5 nitrogen and oxygen atoms in total. The van der Waals surface area contributed by atoms with Crippen molar-refractivity contribution >= 4 is 17.7 Å². The number of carboxylic acids is 1. The fourth-order valence-corrected chi connectivity index (χ4v) is 2.68. The van der Waals surface area contributed by atoms with Crippen LogP contribution < -0.4 is 10.6 Å². The van der Waals surface area contributed by atoms with Crippen LogP contribution in [0, 0.1) is 12.8 Å². The van der Waals surface area contributed by atoms with Gasteiger partial charge in [-0.05, 0) is 49.4 Å². The lowest BCUT2D eigenvalue weighted by atomic mass is 10.1. The van der Waals surface area contributed by atoms with E-state index in [2.05, 4.69) is 17.6 Å². The third kappa shape index (κ3) is 3.29. The molecule has 2 amide bonds. The molecule has 108 valence electrons. The summed E-state index contributed by atoms with van der Waals surface area (Å²) in [6.45, 7) is 3.86. The molecule has 0 bridgehead atoms. The number of rotatable bonds is 3. The predicted molar refractivity (Wildman–Crippen MR) is 77.1 cm³/mol. The van der Waals surface area contributed by atoms with Crippen LogP contribution in [0.15, 0.2) is 18.2 Å². The van der Waals surface area contributed by atoms with Crippen LogP contribution in [-0.4, -0.2) is 23.1 Å². The number of carbonyl (C=O) groups excluding carboxylic acids is 1. The Morgan fingerprint density at radius 2 is 2.05 bits per heavy atom. The first-order valence-electron chi connectivity index (χ1n) is 6.89. The maximum Gasteiger partial charge on any atom is 0.335 e. The Hall–Kier alpha value is -2.04. The smallest absolute Gasteiger partial charge is 0.335 e. The van der Waals surface area contributed by atoms with E-state index in [1.54, 1.807) is 19.1 Å². The monoisotopic (exact) mass is 276 g/mol. The van der Waals surface area contributed by atoms with Crippen molar-refractivity contribution in [3.8, 4) is 0 Å². The molecule has 20 heavy (non-hydrogen) atoms. The Kier molecular flexibility index (Phi) is 4.27. The van der Waals surface area contributed by atoms with Gasteiger partial charge in [0.2, 0.25) is 0 Å². The number of benzene rings is 1. The summed E-state index contributed by atoms with van der Waals surface area (Å²) in [6, 6.07) is 4.78. The maximum absolute atomic E-state index is 11.9. The van der Waals surface area contributed by atoms with E-state index in [0.717, 1.165) is 19.3 Å². The van der Waals surface area contributed by atoms with Gasteiger partial charge < -0.3 is 15.7 Å². The zero-order valence-electron chi connectivity index (χ0n) is 11.8. The fraction of sp³-hybridized carbons (Fsp3) is 0.467. The van der Waals surface area contributed by atoms with Gasteiger partial charge in [-0.2, -0.15) is 0 Å². The minimum atomic E-state index is -0.960. The van der Waals surface area contributed by atoms with E-state index < -0.39 is 5.97 Å². The second-order valence-corrected chi connectivity index (χ2v) is 5.45. The van der Waals surface area contributed by atoms with Gasteiger partial charge in [0.05, 0.1) is 5.56 Å². The van der Waals surface area contributed by atoms with Crippen molar-refractivity contribution in [2.75, 3.05) is 5.32 Å². The second-order valence-electron chi connectivity index (χ2n) is 5.45. The van der Waals surface area contributed by atoms with Crippen LogP contribution in [0.1, 0.15) is 42.1 Å². The van der Waals surface area contributed by atoms with Gasteiger partial charge in [-0.3, -0.25) is 0 Å². The number of urea groups is 1. The molecule has 2 rings (SSSR count). The molecular formula is C15H20N2O3. The molecule has 0 heterocycles. The molecule has 1 saturated carbocycles. The molecule has 2 atom stereocenters. The van der Waals surface area contributed by atoms with Crippen molar-refractivity contribution in [3.63, 3.8) is 0 Å². The van der Waals surface area contributed by atoms with Gasteiger partial charge in [-0.1, -0.05) is 13.3 Å². The molecule has 2 unspecified atom stereocenters. The zero-order valence-corrected chi connectivity index (χ0v) is 11.8. The van der Waals surface area contributed by atoms with Gasteiger partial charge in [0, 0.05) is 11.7 Å². The van der Waals surface area contributed by atoms with Crippen LogP contribution in [0.5, 0.6) is 0 Å². The number of carbonyl (C=O) groups is 2. The molecule has 0 spiro atoms. The van der Waals surface area contributed by atoms with Crippen molar-refractivity contribution in [3.05, 3.63) is 29.3 Å². The summed E-state index contributed by atoms with van der Waals surface area (Å²) in [7, 11) is 0. The van der Waals surface area contributed by atoms with Crippen molar-refractivity contribution in [2.45, 2.75) is 39.2 Å². The number of carboxylic acid groups (broad SMARTS) is 1. The topological polar surface area (TPSA) is 78.4 Å². The first kappa shape index (κ1) is 14.4. The molecular weight excluding hydrogens is 256 g/mol. The van der Waals surface area contributed by atoms with Gasteiger partial charge in [-0.25, -0.2) is 9.59 Å². The minimum absolute atomic E-state index is 0.230. The SMILES string of the molecule is Cc1cc(NC(=O)NC2CCCC2C)ccc1C(=O)O. The maximum atomic E-state index is 11.9. The van der Waals surface area contributed by atoms with E-state index in [1.165, 1.54) is 6.07 Å². The number of anilines is 1. The van der Waals surface area contributed by atoms with E-state index in [4.69, 9.17) is 5.11 Å². The van der Waals surface area contributed by atoms with Crippen molar-refractivity contribution < 1.29 is 14.7 Å². The summed E-state index contributed by atoms with van der Waals surface area (Å²) in [5, 5.41) is 14.7. The summed E-state index contributed by atoms with van der Waals surface area (Å²) in [4.78, 5) is 22.8. The Morgan fingerprint density at radius 3 is 2.60 bits per heavy atom. The largest absolute Gasteiger partial charge is 0.478 e. The highest BCUT2D eigenvalue weighted by Gasteiger charge is 2.24. The molecule has 0 aromatic heterocycles. The van der Waals surface area contributed by atoms with Crippen LogP contribution in [0.4, 0.5) is 10.5 Å². The molecule has 0 aliphatic heterocycles. The van der Waals surface area contributed by atoms with Crippen molar-refractivity contribution in [1.82, 2.24) is 5.32 Å². The third-order valence-corrected chi connectivity index (χ3v) is 3.89. The van der Waals surface area contributed by atoms with E-state index >= 15 is 0 Å². The van der Waals surface area contributed by atoms with E-state index in [9.17, 15) is 9.59 Å². The zero-order chi connectivity index (χ0) is 14.7. The van der Waals surface area contributed by atoms with Gasteiger partial charge in [-0.15, -0.1) is 0 Å². The number of amides is 2. The summed E-state index contributed by atoms with van der Waals surface area (Å²) in [6.07, 6.45) is 3.32. The fourth-order valence-electron chi connectivity index (χ4n) is 2.68. The second kappa shape index (κ2) is 5.94. The number of aryl methyl sites for hydroxylation is 1. The molecule has 1 aromatic rings.